The number of carbonyl (C=O) groups excluding carboxylic acids is 1. The van der Waals surface area contributed by atoms with Crippen molar-refractivity contribution >= 4 is 35.8 Å². The van der Waals surface area contributed by atoms with E-state index >= 15 is 0 Å². The Morgan fingerprint density at radius 2 is 2.20 bits per heavy atom. The third-order valence-corrected chi connectivity index (χ3v) is 4.42. The largest absolute Gasteiger partial charge is 0.326 e. The van der Waals surface area contributed by atoms with E-state index in [1.54, 1.807) is 0 Å². The van der Waals surface area contributed by atoms with Gasteiger partial charge in [-0.25, -0.2) is 0 Å². The first-order valence-electron chi connectivity index (χ1n) is 6.86. The maximum Gasteiger partial charge on any atom is 0.225 e. The lowest BCUT2D eigenvalue weighted by Gasteiger charge is -2.23. The number of carbonyl (C=O) groups is 1. The number of para-hydroxylation sites is 1. The van der Waals surface area contributed by atoms with Crippen molar-refractivity contribution in [3.63, 3.8) is 0 Å². The van der Waals surface area contributed by atoms with Crippen molar-refractivity contribution < 1.29 is 4.79 Å². The zero-order chi connectivity index (χ0) is 13.7. The van der Waals surface area contributed by atoms with Gasteiger partial charge in [-0.3, -0.25) is 4.79 Å². The Bertz CT molecular complexity index is 434. The van der Waals surface area contributed by atoms with Gasteiger partial charge in [0, 0.05) is 36.2 Å². The highest BCUT2D eigenvalue weighted by Crippen LogP contribution is 2.24. The third kappa shape index (κ3) is 5.00. The molecule has 3 nitrogen and oxygen atoms in total. The minimum atomic E-state index is 0. The molecule has 1 atom stereocenters. The van der Waals surface area contributed by atoms with Gasteiger partial charge in [-0.2, -0.15) is 11.8 Å². The molecule has 0 radical (unpaired) electrons. The highest BCUT2D eigenvalue weighted by Gasteiger charge is 2.17. The van der Waals surface area contributed by atoms with Crippen LogP contribution in [0.15, 0.2) is 24.3 Å². The second-order valence-corrected chi connectivity index (χ2v) is 6.37. The van der Waals surface area contributed by atoms with Crippen molar-refractivity contribution in [2.75, 3.05) is 23.4 Å². The van der Waals surface area contributed by atoms with Crippen LogP contribution in [0.1, 0.15) is 31.7 Å². The fraction of sp³-hybridized carbons (Fsp3) is 0.533. The van der Waals surface area contributed by atoms with Crippen LogP contribution >= 0.6 is 24.2 Å². The minimum absolute atomic E-state index is 0. The van der Waals surface area contributed by atoms with Gasteiger partial charge in [-0.15, -0.1) is 12.4 Å². The summed E-state index contributed by atoms with van der Waals surface area (Å²) in [7, 11) is 0. The highest BCUT2D eigenvalue weighted by atomic mass is 35.5. The molecule has 1 saturated heterocycles. The molecule has 2 rings (SSSR count). The zero-order valence-corrected chi connectivity index (χ0v) is 13.7. The first kappa shape index (κ1) is 17.3. The summed E-state index contributed by atoms with van der Waals surface area (Å²) in [6, 6.07) is 8.36. The number of anilines is 1. The monoisotopic (exact) mass is 314 g/mol. The number of halogens is 1. The first-order valence-corrected chi connectivity index (χ1v) is 8.02. The fourth-order valence-electron chi connectivity index (χ4n) is 2.29. The fourth-order valence-corrected chi connectivity index (χ4v) is 3.24. The van der Waals surface area contributed by atoms with Gasteiger partial charge in [-0.05, 0) is 17.5 Å². The van der Waals surface area contributed by atoms with Crippen LogP contribution in [0.5, 0.6) is 0 Å². The van der Waals surface area contributed by atoms with Crippen molar-refractivity contribution in [1.29, 1.82) is 0 Å². The molecule has 1 aromatic carbocycles. The van der Waals surface area contributed by atoms with Crippen LogP contribution in [-0.4, -0.2) is 30.0 Å². The topological polar surface area (TPSA) is 41.1 Å². The van der Waals surface area contributed by atoms with Crippen LogP contribution in [-0.2, 0) is 4.79 Å². The number of hydrogen-bond donors (Lipinski definition) is 2. The van der Waals surface area contributed by atoms with Crippen LogP contribution in [0.25, 0.3) is 0 Å². The van der Waals surface area contributed by atoms with Crippen molar-refractivity contribution in [2.24, 2.45) is 0 Å². The van der Waals surface area contributed by atoms with E-state index in [0.29, 0.717) is 18.4 Å². The SMILES string of the molecule is CC(C)c1ccccc1NC(=O)CC1CSCCN1.Cl. The summed E-state index contributed by atoms with van der Waals surface area (Å²) < 4.78 is 0. The Morgan fingerprint density at radius 1 is 1.45 bits per heavy atom. The molecule has 1 aliphatic rings. The number of rotatable bonds is 4. The molecule has 20 heavy (non-hydrogen) atoms. The van der Waals surface area contributed by atoms with Crippen LogP contribution in [0, 0.1) is 0 Å². The summed E-state index contributed by atoms with van der Waals surface area (Å²) in [5.41, 5.74) is 2.15. The molecule has 1 fully saturated rings. The summed E-state index contributed by atoms with van der Waals surface area (Å²) in [5, 5.41) is 6.44. The molecule has 0 spiro atoms. The molecular formula is C15H23ClN2OS. The van der Waals surface area contributed by atoms with Gasteiger partial charge >= 0.3 is 0 Å². The van der Waals surface area contributed by atoms with Gasteiger partial charge in [0.1, 0.15) is 0 Å². The quantitative estimate of drug-likeness (QED) is 0.896. The maximum absolute atomic E-state index is 12.1. The molecular weight excluding hydrogens is 292 g/mol. The van der Waals surface area contributed by atoms with Gasteiger partial charge < -0.3 is 10.6 Å². The number of hydrogen-bond acceptors (Lipinski definition) is 3. The predicted molar refractivity (Wildman–Crippen MR) is 90.1 cm³/mol. The lowest BCUT2D eigenvalue weighted by molar-refractivity contribution is -0.116. The van der Waals surface area contributed by atoms with Gasteiger partial charge in [0.2, 0.25) is 5.91 Å². The van der Waals surface area contributed by atoms with Crippen LogP contribution in [0.3, 0.4) is 0 Å². The summed E-state index contributed by atoms with van der Waals surface area (Å²) in [6.45, 7) is 5.29. The highest BCUT2D eigenvalue weighted by molar-refractivity contribution is 7.99. The average Bonchev–Trinajstić information content (AvgIpc) is 2.40. The summed E-state index contributed by atoms with van der Waals surface area (Å²) >= 11 is 1.92. The van der Waals surface area contributed by atoms with Crippen molar-refractivity contribution in [2.45, 2.75) is 32.2 Å². The van der Waals surface area contributed by atoms with Crippen molar-refractivity contribution in [3.8, 4) is 0 Å². The Morgan fingerprint density at radius 3 is 2.85 bits per heavy atom. The Kier molecular flexibility index (Phi) is 7.41. The molecule has 1 heterocycles. The smallest absolute Gasteiger partial charge is 0.225 e. The molecule has 0 aliphatic carbocycles. The third-order valence-electron chi connectivity index (χ3n) is 3.29. The molecule has 1 unspecified atom stereocenters. The van der Waals surface area contributed by atoms with E-state index in [1.165, 1.54) is 5.56 Å². The number of nitrogens with one attached hydrogen (secondary N) is 2. The van der Waals surface area contributed by atoms with Gasteiger partial charge in [-0.1, -0.05) is 32.0 Å². The van der Waals surface area contributed by atoms with E-state index in [-0.39, 0.29) is 18.3 Å². The first-order chi connectivity index (χ1) is 9.16. The molecule has 1 aliphatic heterocycles. The summed E-state index contributed by atoms with van der Waals surface area (Å²) in [5.74, 6) is 2.70. The molecule has 2 N–H and O–H groups in total. The van der Waals surface area contributed by atoms with Crippen LogP contribution in [0.2, 0.25) is 0 Å². The van der Waals surface area contributed by atoms with Crippen LogP contribution < -0.4 is 10.6 Å². The van der Waals surface area contributed by atoms with E-state index in [9.17, 15) is 4.79 Å². The van der Waals surface area contributed by atoms with Gasteiger partial charge in [0.15, 0.2) is 0 Å². The molecule has 5 heteroatoms. The summed E-state index contributed by atoms with van der Waals surface area (Å²) in [6.07, 6.45) is 0.555. The molecule has 0 aromatic heterocycles. The molecule has 0 saturated carbocycles. The zero-order valence-electron chi connectivity index (χ0n) is 12.0. The maximum atomic E-state index is 12.1. The van der Waals surface area contributed by atoms with Gasteiger partial charge in [0.05, 0.1) is 0 Å². The Hall–Kier alpha value is -0.710. The second kappa shape index (κ2) is 8.55. The number of amides is 1. The van der Waals surface area contributed by atoms with E-state index < -0.39 is 0 Å². The van der Waals surface area contributed by atoms with Crippen molar-refractivity contribution in [3.05, 3.63) is 29.8 Å². The van der Waals surface area contributed by atoms with E-state index in [4.69, 9.17) is 0 Å². The predicted octanol–water partition coefficient (Wildman–Crippen LogP) is 3.27. The normalized spacial score (nSPS) is 18.4. The Labute approximate surface area is 131 Å². The number of benzene rings is 1. The van der Waals surface area contributed by atoms with Crippen molar-refractivity contribution in [1.82, 2.24) is 5.32 Å². The van der Waals surface area contributed by atoms with E-state index in [1.807, 2.05) is 30.0 Å². The molecule has 1 aromatic rings. The lowest BCUT2D eigenvalue weighted by Crippen LogP contribution is -2.40. The number of thioether (sulfide) groups is 1. The molecule has 1 amide bonds. The average molecular weight is 315 g/mol. The summed E-state index contributed by atoms with van der Waals surface area (Å²) in [4.78, 5) is 12.1. The molecule has 112 valence electrons. The van der Waals surface area contributed by atoms with Gasteiger partial charge in [0.25, 0.3) is 0 Å². The minimum Gasteiger partial charge on any atom is -0.326 e. The lowest BCUT2D eigenvalue weighted by atomic mass is 10.0. The van der Waals surface area contributed by atoms with E-state index in [2.05, 4.69) is 30.5 Å². The Balaban J connectivity index is 0.00000200. The van der Waals surface area contributed by atoms with E-state index in [0.717, 1.165) is 23.7 Å². The van der Waals surface area contributed by atoms with Crippen LogP contribution in [0.4, 0.5) is 5.69 Å². The second-order valence-electron chi connectivity index (χ2n) is 5.22. The standard InChI is InChI=1S/C15H22N2OS.ClH/c1-11(2)13-5-3-4-6-14(13)17-15(18)9-12-10-19-8-7-16-12;/h3-6,11-12,16H,7-10H2,1-2H3,(H,17,18);1H. The molecule has 0 bridgehead atoms.